The fourth-order valence-corrected chi connectivity index (χ4v) is 4.36. The summed E-state index contributed by atoms with van der Waals surface area (Å²) >= 11 is 0. The van der Waals surface area contributed by atoms with Crippen molar-refractivity contribution < 1.29 is 24.5 Å². The zero-order chi connectivity index (χ0) is 20.8. The van der Waals surface area contributed by atoms with Gasteiger partial charge in [-0.1, -0.05) is 36.4 Å². The molecule has 6 heteroatoms. The number of likely N-dealkylation sites (tertiary alicyclic amines) is 1. The minimum Gasteiger partial charge on any atom is -0.497 e. The molecule has 4 rings (SSSR count). The second-order valence-electron chi connectivity index (χ2n) is 7.47. The molecule has 1 saturated heterocycles. The Balaban J connectivity index is 0.000000353. The number of hydrogen-bond donors (Lipinski definition) is 2. The number of carboxylic acid groups (broad SMARTS) is 2. The van der Waals surface area contributed by atoms with E-state index in [0.717, 1.165) is 24.6 Å². The van der Waals surface area contributed by atoms with Gasteiger partial charge in [0.05, 0.1) is 7.11 Å². The Labute approximate surface area is 170 Å². The summed E-state index contributed by atoms with van der Waals surface area (Å²) in [5.41, 5.74) is 4.53. The minimum atomic E-state index is -1.82. The van der Waals surface area contributed by atoms with Gasteiger partial charge in [-0.3, -0.25) is 4.90 Å². The predicted molar refractivity (Wildman–Crippen MR) is 109 cm³/mol. The van der Waals surface area contributed by atoms with Gasteiger partial charge in [0, 0.05) is 12.6 Å². The van der Waals surface area contributed by atoms with Crippen LogP contribution in [0.5, 0.6) is 5.75 Å². The summed E-state index contributed by atoms with van der Waals surface area (Å²) in [5.74, 6) is -1.91. The first-order valence-corrected chi connectivity index (χ1v) is 9.91. The molecule has 0 saturated carbocycles. The zero-order valence-electron chi connectivity index (χ0n) is 16.6. The van der Waals surface area contributed by atoms with E-state index in [1.807, 2.05) is 0 Å². The molecule has 1 aliphatic heterocycles. The van der Waals surface area contributed by atoms with Crippen LogP contribution in [0.2, 0.25) is 0 Å². The van der Waals surface area contributed by atoms with Gasteiger partial charge in [0.1, 0.15) is 5.75 Å². The van der Waals surface area contributed by atoms with Crippen LogP contribution in [0.1, 0.15) is 47.9 Å². The molecule has 1 aliphatic carbocycles. The van der Waals surface area contributed by atoms with Gasteiger partial charge >= 0.3 is 11.9 Å². The molecule has 6 nitrogen and oxygen atoms in total. The number of fused-ring (bicyclic) bond motifs is 5. The molecular formula is C23H27NO5. The van der Waals surface area contributed by atoms with Gasteiger partial charge in [-0.25, -0.2) is 9.59 Å². The summed E-state index contributed by atoms with van der Waals surface area (Å²) in [6.07, 6.45) is 5.07. The zero-order valence-corrected chi connectivity index (χ0v) is 16.6. The van der Waals surface area contributed by atoms with E-state index in [4.69, 9.17) is 24.5 Å². The quantitative estimate of drug-likeness (QED) is 0.765. The summed E-state index contributed by atoms with van der Waals surface area (Å²) in [6.45, 7) is 2.40. The van der Waals surface area contributed by atoms with E-state index in [2.05, 4.69) is 53.4 Å². The number of carboxylic acids is 2. The van der Waals surface area contributed by atoms with E-state index >= 15 is 0 Å². The number of rotatable bonds is 4. The van der Waals surface area contributed by atoms with Crippen LogP contribution in [0.3, 0.4) is 0 Å². The van der Waals surface area contributed by atoms with E-state index in [9.17, 15) is 0 Å². The summed E-state index contributed by atoms with van der Waals surface area (Å²) in [6, 6.07) is 18.2. The third-order valence-electron chi connectivity index (χ3n) is 5.75. The van der Waals surface area contributed by atoms with Crippen molar-refractivity contribution >= 4 is 11.9 Å². The highest BCUT2D eigenvalue weighted by Crippen LogP contribution is 2.48. The van der Waals surface area contributed by atoms with Crippen molar-refractivity contribution in [3.8, 4) is 5.75 Å². The molecule has 1 fully saturated rings. The lowest BCUT2D eigenvalue weighted by molar-refractivity contribution is -0.159. The molecule has 154 valence electrons. The van der Waals surface area contributed by atoms with Crippen molar-refractivity contribution in [2.45, 2.75) is 37.6 Å². The fraction of sp³-hybridized carbons (Fsp3) is 0.391. The van der Waals surface area contributed by atoms with E-state index in [-0.39, 0.29) is 0 Å². The Morgan fingerprint density at radius 2 is 1.79 bits per heavy atom. The van der Waals surface area contributed by atoms with Crippen molar-refractivity contribution in [2.75, 3.05) is 20.2 Å². The van der Waals surface area contributed by atoms with Crippen LogP contribution in [0.25, 0.3) is 0 Å². The van der Waals surface area contributed by atoms with Crippen LogP contribution in [-0.4, -0.2) is 47.3 Å². The van der Waals surface area contributed by atoms with E-state index in [1.54, 1.807) is 18.2 Å². The maximum atomic E-state index is 9.10. The van der Waals surface area contributed by atoms with Gasteiger partial charge in [0.2, 0.25) is 0 Å². The Morgan fingerprint density at radius 3 is 2.45 bits per heavy atom. The van der Waals surface area contributed by atoms with Gasteiger partial charge in [0.25, 0.3) is 0 Å². The average Bonchev–Trinajstić information content (AvgIpc) is 2.94. The van der Waals surface area contributed by atoms with Crippen molar-refractivity contribution in [2.24, 2.45) is 0 Å². The van der Waals surface area contributed by atoms with Crippen molar-refractivity contribution in [3.05, 3.63) is 65.2 Å². The first-order valence-electron chi connectivity index (χ1n) is 9.91. The smallest absolute Gasteiger partial charge is 0.414 e. The second-order valence-corrected chi connectivity index (χ2v) is 7.47. The fourth-order valence-electron chi connectivity index (χ4n) is 4.36. The van der Waals surface area contributed by atoms with Gasteiger partial charge < -0.3 is 14.9 Å². The molecule has 1 heterocycles. The third-order valence-corrected chi connectivity index (χ3v) is 5.75. The lowest BCUT2D eigenvalue weighted by Crippen LogP contribution is -2.30. The number of methoxy groups -OCH3 is 1. The largest absolute Gasteiger partial charge is 0.497 e. The molecule has 2 aromatic carbocycles. The summed E-state index contributed by atoms with van der Waals surface area (Å²) in [4.78, 5) is 20.9. The first kappa shape index (κ1) is 20.9. The monoisotopic (exact) mass is 397 g/mol. The van der Waals surface area contributed by atoms with Crippen LogP contribution in [0, 0.1) is 0 Å². The van der Waals surface area contributed by atoms with E-state index in [1.165, 1.54) is 31.4 Å². The second kappa shape index (κ2) is 9.56. The molecule has 2 atom stereocenters. The Morgan fingerprint density at radius 1 is 1.07 bits per heavy atom. The topological polar surface area (TPSA) is 87.1 Å². The van der Waals surface area contributed by atoms with E-state index < -0.39 is 11.9 Å². The molecule has 2 unspecified atom stereocenters. The molecule has 0 spiro atoms. The Hall–Kier alpha value is -2.86. The van der Waals surface area contributed by atoms with Crippen LogP contribution in [-0.2, 0) is 16.0 Å². The lowest BCUT2D eigenvalue weighted by Gasteiger charge is -2.29. The summed E-state index contributed by atoms with van der Waals surface area (Å²) in [7, 11) is 1.77. The molecule has 2 aromatic rings. The van der Waals surface area contributed by atoms with Gasteiger partial charge in [-0.05, 0) is 67.0 Å². The number of hydrogen-bond acceptors (Lipinski definition) is 4. The number of ether oxygens (including phenoxy) is 1. The number of aliphatic carboxylic acids is 2. The van der Waals surface area contributed by atoms with Crippen molar-refractivity contribution in [1.82, 2.24) is 4.90 Å². The Bertz CT molecular complexity index is 840. The minimum absolute atomic E-state index is 0.604. The molecule has 2 N–H and O–H groups in total. The molecule has 2 aliphatic rings. The molecule has 0 amide bonds. The van der Waals surface area contributed by atoms with Crippen molar-refractivity contribution in [1.29, 1.82) is 0 Å². The molecule has 0 aromatic heterocycles. The molecule has 0 radical (unpaired) electrons. The number of benzene rings is 2. The highest BCUT2D eigenvalue weighted by Gasteiger charge is 2.36. The SMILES string of the molecule is COc1ccc2c(c1)C1CCCN(CCc3ccccc3)C2C1.O=C(O)C(=O)O. The van der Waals surface area contributed by atoms with Crippen LogP contribution >= 0.6 is 0 Å². The Kier molecular flexibility index (Phi) is 6.88. The molecule has 29 heavy (non-hydrogen) atoms. The first-order chi connectivity index (χ1) is 14.0. The number of carbonyl (C=O) groups is 2. The summed E-state index contributed by atoms with van der Waals surface area (Å²) < 4.78 is 5.44. The maximum Gasteiger partial charge on any atom is 0.414 e. The van der Waals surface area contributed by atoms with E-state index in [0.29, 0.717) is 6.04 Å². The predicted octanol–water partition coefficient (Wildman–Crippen LogP) is 3.72. The highest BCUT2D eigenvalue weighted by atomic mass is 16.5. The van der Waals surface area contributed by atoms with Gasteiger partial charge in [0.15, 0.2) is 0 Å². The van der Waals surface area contributed by atoms with Crippen LogP contribution < -0.4 is 4.74 Å². The normalized spacial score (nSPS) is 20.0. The highest BCUT2D eigenvalue weighted by molar-refractivity contribution is 6.27. The van der Waals surface area contributed by atoms with Gasteiger partial charge in [-0.2, -0.15) is 0 Å². The van der Waals surface area contributed by atoms with Crippen molar-refractivity contribution in [3.63, 3.8) is 0 Å². The summed E-state index contributed by atoms with van der Waals surface area (Å²) in [5, 5.41) is 14.8. The standard InChI is InChI=1S/C21H25NO.C2H2O4/c1-23-18-9-10-19-20(15-18)17-8-5-12-22(21(19)14-17)13-11-16-6-3-2-4-7-16;3-1(4)2(5)6/h2-4,6-7,9-10,15,17,21H,5,8,11-14H2,1H3;(H,3,4)(H,5,6). The lowest BCUT2D eigenvalue weighted by atomic mass is 9.96. The maximum absolute atomic E-state index is 9.10. The molecule has 2 bridgehead atoms. The number of nitrogens with zero attached hydrogens (tertiary/aromatic N) is 1. The van der Waals surface area contributed by atoms with Crippen LogP contribution in [0.15, 0.2) is 48.5 Å². The average molecular weight is 397 g/mol. The van der Waals surface area contributed by atoms with Crippen LogP contribution in [0.4, 0.5) is 0 Å². The van der Waals surface area contributed by atoms with Gasteiger partial charge in [-0.15, -0.1) is 0 Å². The third kappa shape index (κ3) is 5.15. The molecular weight excluding hydrogens is 370 g/mol.